The highest BCUT2D eigenvalue weighted by Gasteiger charge is 1.57. The van der Waals surface area contributed by atoms with Gasteiger partial charge < -0.3 is 0 Å². The largest absolute Gasteiger partial charge is 0.124 e. The Balaban J connectivity index is -0.000000114. The third kappa shape index (κ3) is 17.7. The second-order valence-electron chi connectivity index (χ2n) is 1.15. The van der Waals surface area contributed by atoms with Crippen LogP contribution in [0.1, 0.15) is 0 Å². The van der Waals surface area contributed by atoms with Crippen molar-refractivity contribution < 1.29 is 0 Å². The first-order chi connectivity index (χ1) is 5.00. The Kier molecular flexibility index (Phi) is 34.8. The zero-order chi connectivity index (χ0) is 8.24. The fraction of sp³-hybridized carbons (Fsp3) is 0. The molecule has 0 radical (unpaired) electrons. The summed E-state index contributed by atoms with van der Waals surface area (Å²) >= 11 is 0. The first-order valence-electron chi connectivity index (χ1n) is 2.67. The average molecular weight is 162 g/mol. The Bertz CT molecular complexity index is 129. The maximum Gasteiger partial charge on any atom is -0.0149 e. The standard InChI is InChI=1S/C6H6.2C2H2.H4Si/c1-2-4-6-5-3-1;2*1-2;/h1-6H;2*1-2H;1H4. The van der Waals surface area contributed by atoms with Crippen LogP contribution >= 0.6 is 0 Å². The summed E-state index contributed by atoms with van der Waals surface area (Å²) in [6, 6.07) is 12.0. The maximum absolute atomic E-state index is 4.00. The third-order valence-electron chi connectivity index (χ3n) is 0.667. The fourth-order valence-corrected chi connectivity index (χ4v) is 0.385. The van der Waals surface area contributed by atoms with E-state index < -0.39 is 0 Å². The predicted molar refractivity (Wildman–Crippen MR) is 57.6 cm³/mol. The molecule has 0 N–H and O–H groups in total. The number of benzene rings is 1. The van der Waals surface area contributed by atoms with Crippen molar-refractivity contribution in [2.45, 2.75) is 0 Å². The van der Waals surface area contributed by atoms with Gasteiger partial charge in [0.1, 0.15) is 0 Å². The van der Waals surface area contributed by atoms with Gasteiger partial charge in [-0.05, 0) is 11.0 Å². The molecule has 0 unspecified atom stereocenters. The molecule has 0 saturated carbocycles. The smallest absolute Gasteiger partial charge is 0.0149 e. The van der Waals surface area contributed by atoms with Crippen LogP contribution < -0.4 is 0 Å². The third-order valence-corrected chi connectivity index (χ3v) is 0.667. The van der Waals surface area contributed by atoms with Crippen LogP contribution in [0.5, 0.6) is 0 Å². The summed E-state index contributed by atoms with van der Waals surface area (Å²) in [6.07, 6.45) is 16.0. The molecule has 0 heterocycles. The lowest BCUT2D eigenvalue weighted by Gasteiger charge is -1.69. The lowest BCUT2D eigenvalue weighted by Crippen LogP contribution is -1.47. The summed E-state index contributed by atoms with van der Waals surface area (Å²) in [5.41, 5.74) is 0. The SMILES string of the molecule is C#C.C#C.[SiH4].c1ccccc1. The van der Waals surface area contributed by atoms with E-state index in [-0.39, 0.29) is 11.0 Å². The molecule has 0 fully saturated rings. The number of hydrogen-bond acceptors (Lipinski definition) is 0. The molecule has 0 bridgehead atoms. The molecule has 1 aromatic rings. The maximum atomic E-state index is 4.00. The fourth-order valence-electron chi connectivity index (χ4n) is 0.385. The Labute approximate surface area is 73.7 Å². The monoisotopic (exact) mass is 162 g/mol. The van der Waals surface area contributed by atoms with Crippen molar-refractivity contribution in [3.8, 4) is 25.7 Å². The van der Waals surface area contributed by atoms with E-state index in [0.717, 1.165) is 0 Å². The minimum absolute atomic E-state index is 0. The quantitative estimate of drug-likeness (QED) is 0.390. The van der Waals surface area contributed by atoms with Crippen LogP contribution in [-0.2, 0) is 0 Å². The zero-order valence-corrected chi connectivity index (χ0v) is 5.77. The summed E-state index contributed by atoms with van der Waals surface area (Å²) in [5.74, 6) is 0. The summed E-state index contributed by atoms with van der Waals surface area (Å²) in [7, 11) is 0. The van der Waals surface area contributed by atoms with Crippen LogP contribution in [0.4, 0.5) is 0 Å². The second-order valence-corrected chi connectivity index (χ2v) is 1.15. The van der Waals surface area contributed by atoms with Gasteiger partial charge in [-0.25, -0.2) is 0 Å². The number of rotatable bonds is 0. The molecular formula is C10H14Si. The van der Waals surface area contributed by atoms with Gasteiger partial charge in [0, 0.05) is 0 Å². The van der Waals surface area contributed by atoms with Crippen molar-refractivity contribution in [3.63, 3.8) is 0 Å². The molecule has 1 aromatic carbocycles. The van der Waals surface area contributed by atoms with Crippen LogP contribution in [0.15, 0.2) is 36.4 Å². The highest BCUT2D eigenvalue weighted by molar-refractivity contribution is 5.75. The molecule has 0 aliphatic rings. The lowest BCUT2D eigenvalue weighted by molar-refractivity contribution is 1.72. The van der Waals surface area contributed by atoms with Crippen LogP contribution in [0.2, 0.25) is 0 Å². The van der Waals surface area contributed by atoms with Crippen molar-refractivity contribution in [3.05, 3.63) is 36.4 Å². The predicted octanol–water partition coefficient (Wildman–Crippen LogP) is 0.734. The van der Waals surface area contributed by atoms with Gasteiger partial charge in [-0.15, -0.1) is 25.7 Å². The minimum Gasteiger partial charge on any atom is -0.124 e. The topological polar surface area (TPSA) is 0 Å². The van der Waals surface area contributed by atoms with Gasteiger partial charge in [-0.1, -0.05) is 36.4 Å². The summed E-state index contributed by atoms with van der Waals surface area (Å²) in [6.45, 7) is 0. The van der Waals surface area contributed by atoms with Crippen molar-refractivity contribution >= 4 is 11.0 Å². The first kappa shape index (κ1) is 16.3. The van der Waals surface area contributed by atoms with E-state index in [4.69, 9.17) is 0 Å². The van der Waals surface area contributed by atoms with Gasteiger partial charge in [0.15, 0.2) is 0 Å². The van der Waals surface area contributed by atoms with Crippen molar-refractivity contribution in [2.24, 2.45) is 0 Å². The Morgan fingerprint density at radius 3 is 0.636 bits per heavy atom. The first-order valence-corrected chi connectivity index (χ1v) is 2.67. The molecule has 11 heavy (non-hydrogen) atoms. The molecular weight excluding hydrogens is 148 g/mol. The van der Waals surface area contributed by atoms with Gasteiger partial charge in [-0.2, -0.15) is 0 Å². The normalized spacial score (nSPS) is 4.73. The van der Waals surface area contributed by atoms with Gasteiger partial charge in [0.25, 0.3) is 0 Å². The molecule has 0 amide bonds. The van der Waals surface area contributed by atoms with E-state index >= 15 is 0 Å². The molecule has 0 spiro atoms. The van der Waals surface area contributed by atoms with Crippen LogP contribution in [-0.4, -0.2) is 11.0 Å². The van der Waals surface area contributed by atoms with Crippen molar-refractivity contribution in [2.75, 3.05) is 0 Å². The van der Waals surface area contributed by atoms with Crippen LogP contribution in [0.25, 0.3) is 0 Å². The van der Waals surface area contributed by atoms with Gasteiger partial charge in [0.05, 0.1) is 0 Å². The van der Waals surface area contributed by atoms with E-state index in [9.17, 15) is 0 Å². The van der Waals surface area contributed by atoms with E-state index in [2.05, 4.69) is 25.7 Å². The summed E-state index contributed by atoms with van der Waals surface area (Å²) in [5, 5.41) is 0. The van der Waals surface area contributed by atoms with E-state index in [0.29, 0.717) is 0 Å². The number of terminal acetylenes is 2. The Hall–Kier alpha value is -1.44. The molecule has 1 rings (SSSR count). The van der Waals surface area contributed by atoms with E-state index in [1.807, 2.05) is 36.4 Å². The zero-order valence-electron chi connectivity index (χ0n) is 5.77. The molecule has 0 aliphatic heterocycles. The summed E-state index contributed by atoms with van der Waals surface area (Å²) < 4.78 is 0. The van der Waals surface area contributed by atoms with Gasteiger partial charge in [0.2, 0.25) is 0 Å². The summed E-state index contributed by atoms with van der Waals surface area (Å²) in [4.78, 5) is 0. The molecule has 0 atom stereocenters. The molecule has 0 aromatic heterocycles. The van der Waals surface area contributed by atoms with E-state index in [1.54, 1.807) is 0 Å². The molecule has 1 heteroatoms. The highest BCUT2D eigenvalue weighted by atomic mass is 28.1. The van der Waals surface area contributed by atoms with E-state index in [1.165, 1.54) is 0 Å². The number of hydrogen-bond donors (Lipinski definition) is 0. The van der Waals surface area contributed by atoms with Crippen LogP contribution in [0, 0.1) is 25.7 Å². The molecule has 0 aliphatic carbocycles. The average Bonchev–Trinajstić information content (AvgIpc) is 2.14. The molecule has 0 saturated heterocycles. The van der Waals surface area contributed by atoms with Crippen LogP contribution in [0.3, 0.4) is 0 Å². The Morgan fingerprint density at radius 1 is 0.455 bits per heavy atom. The molecule has 0 nitrogen and oxygen atoms in total. The Morgan fingerprint density at radius 2 is 0.545 bits per heavy atom. The minimum atomic E-state index is 0. The highest BCUT2D eigenvalue weighted by Crippen LogP contribution is 1.79. The van der Waals surface area contributed by atoms with Crippen molar-refractivity contribution in [1.82, 2.24) is 0 Å². The second kappa shape index (κ2) is 23.5. The van der Waals surface area contributed by atoms with Gasteiger partial charge >= 0.3 is 0 Å². The van der Waals surface area contributed by atoms with Gasteiger partial charge in [-0.3, -0.25) is 0 Å². The molecule has 58 valence electrons. The van der Waals surface area contributed by atoms with Crippen molar-refractivity contribution in [1.29, 1.82) is 0 Å². The lowest BCUT2D eigenvalue weighted by atomic mass is 10.4.